The molecule has 1 fully saturated rings. The molecule has 0 bridgehead atoms. The number of aromatic nitrogens is 4. The number of nitrogens with one attached hydrogen (secondary N) is 1. The standard InChI is InChI=1S/C20H23F2N9O.C3H7F/c1-11-14(28-24-3)4-5-15(25-11)13-6-9-31-17(13)18(23)27-19(29-31)26-16-7-8-30(12(2)32)10-20(16,21)22;1-2-3-4/h4-6,9,16H,7-8,10H2,1-3H3,(H3,23,26,27,29);2-3H2,1H3. The highest BCUT2D eigenvalue weighted by Gasteiger charge is 2.45. The smallest absolute Gasteiger partial charge is 0.285 e. The van der Waals surface area contributed by atoms with Gasteiger partial charge < -0.3 is 16.0 Å². The summed E-state index contributed by atoms with van der Waals surface area (Å²) >= 11 is 0. The molecule has 0 saturated carbocycles. The zero-order valence-electron chi connectivity index (χ0n) is 20.7. The van der Waals surface area contributed by atoms with Crippen LogP contribution >= 0.6 is 0 Å². The Morgan fingerprint density at radius 1 is 1.31 bits per heavy atom. The Morgan fingerprint density at radius 3 is 2.61 bits per heavy atom. The Kier molecular flexibility index (Phi) is 8.43. The average Bonchev–Trinajstić information content (AvgIpc) is 3.26. The number of aryl methyl sites for hydroxylation is 1. The molecule has 4 rings (SSSR count). The van der Waals surface area contributed by atoms with E-state index >= 15 is 0 Å². The summed E-state index contributed by atoms with van der Waals surface area (Å²) in [5.74, 6) is -3.39. The van der Waals surface area contributed by atoms with Crippen LogP contribution in [0.2, 0.25) is 0 Å². The van der Waals surface area contributed by atoms with Crippen LogP contribution in [0.25, 0.3) is 16.8 Å². The summed E-state index contributed by atoms with van der Waals surface area (Å²) in [6, 6.07) is 4.17. The molecule has 3 N–H and O–H groups in total. The molecule has 3 aromatic rings. The first-order chi connectivity index (χ1) is 17.1. The molecule has 13 heteroatoms. The highest BCUT2D eigenvalue weighted by molar-refractivity contribution is 5.86. The van der Waals surface area contributed by atoms with E-state index in [1.54, 1.807) is 38.4 Å². The van der Waals surface area contributed by atoms with Crippen molar-refractivity contribution in [3.05, 3.63) is 30.1 Å². The summed E-state index contributed by atoms with van der Waals surface area (Å²) in [5, 5.41) is 14.8. The number of alkyl halides is 3. The summed E-state index contributed by atoms with van der Waals surface area (Å²) in [5.41, 5.74) is 9.41. The SMILES string of the molecule is CCCF.CN=Nc1ccc(-c2ccn3nc(NC4CCN(C(C)=O)CC4(F)F)nc(N)c23)nc1C. The van der Waals surface area contributed by atoms with Crippen LogP contribution in [-0.4, -0.2) is 69.2 Å². The summed E-state index contributed by atoms with van der Waals surface area (Å²) in [7, 11) is 1.58. The van der Waals surface area contributed by atoms with Gasteiger partial charge in [-0.1, -0.05) is 6.92 Å². The van der Waals surface area contributed by atoms with E-state index in [0.29, 0.717) is 34.6 Å². The number of piperidine rings is 1. The number of amides is 1. The lowest BCUT2D eigenvalue weighted by Gasteiger charge is -2.38. The molecule has 1 aliphatic rings. The second-order valence-electron chi connectivity index (χ2n) is 8.32. The summed E-state index contributed by atoms with van der Waals surface area (Å²) in [6.45, 7) is 4.31. The fraction of sp³-hybridized carbons (Fsp3) is 0.478. The van der Waals surface area contributed by atoms with E-state index in [1.807, 2.05) is 6.92 Å². The van der Waals surface area contributed by atoms with Gasteiger partial charge in [-0.25, -0.2) is 13.3 Å². The minimum absolute atomic E-state index is 0.0130. The van der Waals surface area contributed by atoms with E-state index in [0.717, 1.165) is 4.90 Å². The van der Waals surface area contributed by atoms with Gasteiger partial charge in [-0.3, -0.25) is 14.2 Å². The molecular formula is C23H30F3N9O. The van der Waals surface area contributed by atoms with Gasteiger partial charge in [0, 0.05) is 32.3 Å². The predicted molar refractivity (Wildman–Crippen MR) is 131 cm³/mol. The van der Waals surface area contributed by atoms with E-state index in [2.05, 4.69) is 30.6 Å². The van der Waals surface area contributed by atoms with Gasteiger partial charge in [-0.05, 0) is 38.0 Å². The number of hydrogen-bond donors (Lipinski definition) is 2. The number of halogens is 3. The number of fused-ring (bicyclic) bond motifs is 1. The molecule has 10 nitrogen and oxygen atoms in total. The van der Waals surface area contributed by atoms with Crippen molar-refractivity contribution < 1.29 is 18.0 Å². The quantitative estimate of drug-likeness (QED) is 0.494. The largest absolute Gasteiger partial charge is 0.382 e. The summed E-state index contributed by atoms with van der Waals surface area (Å²) in [4.78, 5) is 21.3. The molecule has 0 aliphatic carbocycles. The van der Waals surface area contributed by atoms with Crippen molar-refractivity contribution in [3.8, 4) is 11.3 Å². The normalized spacial score (nSPS) is 17.2. The van der Waals surface area contributed by atoms with E-state index in [-0.39, 0.29) is 37.3 Å². The van der Waals surface area contributed by atoms with Crippen LogP contribution < -0.4 is 11.1 Å². The predicted octanol–water partition coefficient (Wildman–Crippen LogP) is 4.43. The first-order valence-electron chi connectivity index (χ1n) is 11.5. The third-order valence-electron chi connectivity index (χ3n) is 5.62. The van der Waals surface area contributed by atoms with Crippen LogP contribution in [0, 0.1) is 6.92 Å². The fourth-order valence-electron chi connectivity index (χ4n) is 3.78. The number of azo groups is 1. The number of hydrogen-bond acceptors (Lipinski definition) is 8. The van der Waals surface area contributed by atoms with Gasteiger partial charge in [0.15, 0.2) is 5.82 Å². The maximum Gasteiger partial charge on any atom is 0.285 e. The van der Waals surface area contributed by atoms with Crippen molar-refractivity contribution in [2.75, 3.05) is 37.9 Å². The monoisotopic (exact) mass is 505 g/mol. The van der Waals surface area contributed by atoms with Crippen molar-refractivity contribution in [1.29, 1.82) is 0 Å². The van der Waals surface area contributed by atoms with Crippen LogP contribution in [-0.2, 0) is 4.79 Å². The number of nitrogens with two attached hydrogens (primary N) is 1. The third kappa shape index (κ3) is 5.89. The molecule has 0 aromatic carbocycles. The molecular weight excluding hydrogens is 475 g/mol. The molecule has 36 heavy (non-hydrogen) atoms. The molecule has 194 valence electrons. The molecule has 1 atom stereocenters. The lowest BCUT2D eigenvalue weighted by molar-refractivity contribution is -0.140. The van der Waals surface area contributed by atoms with Gasteiger partial charge >= 0.3 is 0 Å². The first kappa shape index (κ1) is 26.8. The summed E-state index contributed by atoms with van der Waals surface area (Å²) < 4.78 is 41.3. The zero-order chi connectivity index (χ0) is 26.5. The van der Waals surface area contributed by atoms with Crippen molar-refractivity contribution in [3.63, 3.8) is 0 Å². The van der Waals surface area contributed by atoms with Crippen LogP contribution in [0.15, 0.2) is 34.6 Å². The zero-order valence-corrected chi connectivity index (χ0v) is 20.7. The van der Waals surface area contributed by atoms with E-state index in [1.165, 1.54) is 11.4 Å². The number of rotatable bonds is 5. The van der Waals surface area contributed by atoms with Gasteiger partial charge in [-0.2, -0.15) is 15.2 Å². The molecule has 1 amide bonds. The van der Waals surface area contributed by atoms with Gasteiger partial charge in [0.1, 0.15) is 11.2 Å². The third-order valence-corrected chi connectivity index (χ3v) is 5.62. The van der Waals surface area contributed by atoms with Gasteiger partial charge in [-0.15, -0.1) is 5.10 Å². The van der Waals surface area contributed by atoms with Gasteiger partial charge in [0.05, 0.1) is 30.6 Å². The molecule has 3 aromatic heterocycles. The Hall–Kier alpha value is -3.77. The van der Waals surface area contributed by atoms with Crippen molar-refractivity contribution in [1.82, 2.24) is 24.5 Å². The number of pyridine rings is 1. The van der Waals surface area contributed by atoms with Crippen molar-refractivity contribution in [2.45, 2.75) is 45.6 Å². The van der Waals surface area contributed by atoms with Gasteiger partial charge in [0.25, 0.3) is 5.92 Å². The van der Waals surface area contributed by atoms with E-state index in [4.69, 9.17) is 5.73 Å². The van der Waals surface area contributed by atoms with Gasteiger partial charge in [0.2, 0.25) is 11.9 Å². The molecule has 0 radical (unpaired) electrons. The molecule has 0 spiro atoms. The fourth-order valence-corrected chi connectivity index (χ4v) is 3.78. The number of carbonyl (C=O) groups is 1. The second kappa shape index (κ2) is 11.3. The number of nitrogens with zero attached hydrogens (tertiary/aromatic N) is 7. The minimum atomic E-state index is -3.13. The lowest BCUT2D eigenvalue weighted by atomic mass is 10.0. The maximum absolute atomic E-state index is 14.6. The number of carbonyl (C=O) groups excluding carboxylic acids is 1. The van der Waals surface area contributed by atoms with Crippen molar-refractivity contribution >= 4 is 28.9 Å². The van der Waals surface area contributed by atoms with Crippen LogP contribution in [0.4, 0.5) is 30.6 Å². The van der Waals surface area contributed by atoms with E-state index in [9.17, 15) is 18.0 Å². The van der Waals surface area contributed by atoms with Crippen molar-refractivity contribution in [2.24, 2.45) is 10.2 Å². The second-order valence-corrected chi connectivity index (χ2v) is 8.32. The van der Waals surface area contributed by atoms with E-state index < -0.39 is 18.5 Å². The highest BCUT2D eigenvalue weighted by Crippen LogP contribution is 2.32. The first-order valence-corrected chi connectivity index (χ1v) is 11.5. The van der Waals surface area contributed by atoms with Crippen LogP contribution in [0.5, 0.6) is 0 Å². The molecule has 1 saturated heterocycles. The Morgan fingerprint density at radius 2 is 2.03 bits per heavy atom. The average molecular weight is 506 g/mol. The molecule has 1 aliphatic heterocycles. The maximum atomic E-state index is 14.6. The highest BCUT2D eigenvalue weighted by atomic mass is 19.3. The molecule has 1 unspecified atom stereocenters. The number of nitrogen functional groups attached to an aromatic ring is 1. The Bertz CT molecular complexity index is 1240. The van der Waals surface area contributed by atoms with Crippen LogP contribution in [0.1, 0.15) is 32.4 Å². The number of likely N-dealkylation sites (tertiary alicyclic amines) is 1. The summed E-state index contributed by atoms with van der Waals surface area (Å²) in [6.07, 6.45) is 2.39. The Balaban J connectivity index is 0.000000840. The lowest BCUT2D eigenvalue weighted by Crippen LogP contribution is -2.55. The molecule has 4 heterocycles. The number of anilines is 2. The minimum Gasteiger partial charge on any atom is -0.382 e. The van der Waals surface area contributed by atoms with Crippen LogP contribution in [0.3, 0.4) is 0 Å². The topological polar surface area (TPSA) is 126 Å². The Labute approximate surface area is 206 Å².